The van der Waals surface area contributed by atoms with Crippen molar-refractivity contribution in [2.75, 3.05) is 40.5 Å². The normalized spacial score (nSPS) is 10.2. The second-order valence-electron chi connectivity index (χ2n) is 4.17. The standard InChI is InChI=1S/C15H23NO3/c1-4-5-13-12-14(18-3)6-7-15(13)19-11-9-16-8-10-17-2/h4,6-7,12,16H,1,5,8-11H2,2-3H3/p+1. The van der Waals surface area contributed by atoms with Crippen LogP contribution < -0.4 is 14.8 Å². The van der Waals surface area contributed by atoms with Gasteiger partial charge in [0.2, 0.25) is 0 Å². The Balaban J connectivity index is 2.45. The summed E-state index contributed by atoms with van der Waals surface area (Å²) in [6.07, 6.45) is 2.65. The molecule has 0 unspecified atom stereocenters. The summed E-state index contributed by atoms with van der Waals surface area (Å²) in [7, 11) is 3.38. The Morgan fingerprint density at radius 3 is 2.68 bits per heavy atom. The lowest BCUT2D eigenvalue weighted by atomic mass is 10.1. The minimum absolute atomic E-state index is 0.681. The first-order valence-corrected chi connectivity index (χ1v) is 6.53. The maximum atomic E-state index is 5.79. The van der Waals surface area contributed by atoms with E-state index in [4.69, 9.17) is 14.2 Å². The van der Waals surface area contributed by atoms with Gasteiger partial charge in [-0.2, -0.15) is 0 Å². The molecule has 0 radical (unpaired) electrons. The Labute approximate surface area is 115 Å². The van der Waals surface area contributed by atoms with Crippen LogP contribution in [0.5, 0.6) is 11.5 Å². The highest BCUT2D eigenvalue weighted by Gasteiger charge is 2.05. The lowest BCUT2D eigenvalue weighted by molar-refractivity contribution is -0.656. The van der Waals surface area contributed by atoms with Crippen molar-refractivity contribution < 1.29 is 19.5 Å². The zero-order valence-electron chi connectivity index (χ0n) is 11.9. The van der Waals surface area contributed by atoms with Crippen molar-refractivity contribution in [3.05, 3.63) is 36.4 Å². The van der Waals surface area contributed by atoms with Crippen LogP contribution in [-0.4, -0.2) is 40.5 Å². The molecular weight excluding hydrogens is 242 g/mol. The molecule has 0 aliphatic carbocycles. The quantitative estimate of drug-likeness (QED) is 0.508. The summed E-state index contributed by atoms with van der Waals surface area (Å²) in [5.41, 5.74) is 1.10. The van der Waals surface area contributed by atoms with E-state index in [1.807, 2.05) is 24.3 Å². The largest absolute Gasteiger partial charge is 0.497 e. The molecule has 1 aromatic carbocycles. The fourth-order valence-electron chi connectivity index (χ4n) is 1.74. The van der Waals surface area contributed by atoms with E-state index in [9.17, 15) is 0 Å². The third kappa shape index (κ3) is 5.77. The van der Waals surface area contributed by atoms with Crippen molar-refractivity contribution in [3.8, 4) is 11.5 Å². The van der Waals surface area contributed by atoms with Crippen LogP contribution in [0, 0.1) is 0 Å². The van der Waals surface area contributed by atoms with Crippen LogP contribution in [0.15, 0.2) is 30.9 Å². The van der Waals surface area contributed by atoms with Gasteiger partial charge in [0.1, 0.15) is 24.7 Å². The maximum Gasteiger partial charge on any atom is 0.137 e. The van der Waals surface area contributed by atoms with Crippen LogP contribution in [0.3, 0.4) is 0 Å². The molecule has 1 rings (SSSR count). The summed E-state index contributed by atoms with van der Waals surface area (Å²) >= 11 is 0. The van der Waals surface area contributed by atoms with Crippen molar-refractivity contribution in [1.29, 1.82) is 0 Å². The molecule has 19 heavy (non-hydrogen) atoms. The number of hydrogen-bond acceptors (Lipinski definition) is 3. The maximum absolute atomic E-state index is 5.79. The third-order valence-corrected chi connectivity index (χ3v) is 2.74. The second-order valence-corrected chi connectivity index (χ2v) is 4.17. The van der Waals surface area contributed by atoms with Gasteiger partial charge in [0.25, 0.3) is 0 Å². The summed E-state index contributed by atoms with van der Waals surface area (Å²) in [4.78, 5) is 0. The van der Waals surface area contributed by atoms with Gasteiger partial charge < -0.3 is 19.5 Å². The average molecular weight is 266 g/mol. The monoisotopic (exact) mass is 266 g/mol. The second kappa shape index (κ2) is 9.42. The predicted molar refractivity (Wildman–Crippen MR) is 75.9 cm³/mol. The minimum atomic E-state index is 0.681. The summed E-state index contributed by atoms with van der Waals surface area (Å²) in [5, 5.41) is 2.18. The number of ether oxygens (including phenoxy) is 3. The van der Waals surface area contributed by atoms with Gasteiger partial charge in [-0.1, -0.05) is 6.08 Å². The van der Waals surface area contributed by atoms with Gasteiger partial charge >= 0.3 is 0 Å². The summed E-state index contributed by atoms with van der Waals surface area (Å²) < 4.78 is 16.0. The number of quaternary nitrogens is 1. The first-order chi connectivity index (χ1) is 9.31. The van der Waals surface area contributed by atoms with Crippen LogP contribution in [0.4, 0.5) is 0 Å². The molecule has 4 heteroatoms. The fraction of sp³-hybridized carbons (Fsp3) is 0.467. The summed E-state index contributed by atoms with van der Waals surface area (Å²) in [6, 6.07) is 5.86. The van der Waals surface area contributed by atoms with Gasteiger partial charge in [-0.15, -0.1) is 6.58 Å². The zero-order valence-corrected chi connectivity index (χ0v) is 11.9. The third-order valence-electron chi connectivity index (χ3n) is 2.74. The van der Waals surface area contributed by atoms with Crippen molar-refractivity contribution >= 4 is 0 Å². The highest BCUT2D eigenvalue weighted by molar-refractivity contribution is 5.41. The number of benzene rings is 1. The van der Waals surface area contributed by atoms with E-state index in [0.29, 0.717) is 6.61 Å². The molecule has 106 valence electrons. The van der Waals surface area contributed by atoms with Gasteiger partial charge in [0.15, 0.2) is 0 Å². The molecule has 2 N–H and O–H groups in total. The molecule has 0 fully saturated rings. The molecule has 0 aliphatic rings. The van der Waals surface area contributed by atoms with E-state index in [-0.39, 0.29) is 0 Å². The van der Waals surface area contributed by atoms with Gasteiger partial charge in [-0.25, -0.2) is 0 Å². The van der Waals surface area contributed by atoms with Crippen LogP contribution >= 0.6 is 0 Å². The zero-order chi connectivity index (χ0) is 13.9. The molecule has 0 amide bonds. The highest BCUT2D eigenvalue weighted by atomic mass is 16.5. The topological polar surface area (TPSA) is 44.3 Å². The van der Waals surface area contributed by atoms with Gasteiger partial charge in [0, 0.05) is 12.7 Å². The molecule has 1 aromatic rings. The molecule has 0 heterocycles. The smallest absolute Gasteiger partial charge is 0.137 e. The molecule has 0 aromatic heterocycles. The first-order valence-electron chi connectivity index (χ1n) is 6.53. The summed E-state index contributed by atoms with van der Waals surface area (Å²) in [5.74, 6) is 1.75. The number of methoxy groups -OCH3 is 2. The lowest BCUT2D eigenvalue weighted by Gasteiger charge is -2.11. The fourth-order valence-corrected chi connectivity index (χ4v) is 1.74. The molecule has 0 aliphatic heterocycles. The minimum Gasteiger partial charge on any atom is -0.497 e. The van der Waals surface area contributed by atoms with E-state index in [1.165, 1.54) is 0 Å². The van der Waals surface area contributed by atoms with Crippen molar-refractivity contribution in [2.24, 2.45) is 0 Å². The van der Waals surface area contributed by atoms with E-state index in [0.717, 1.165) is 43.2 Å². The Morgan fingerprint density at radius 2 is 2.00 bits per heavy atom. The molecule has 0 saturated heterocycles. The molecule has 0 atom stereocenters. The highest BCUT2D eigenvalue weighted by Crippen LogP contribution is 2.24. The SMILES string of the molecule is C=CCc1cc(OC)ccc1OCC[NH2+]CCOC. The predicted octanol–water partition coefficient (Wildman–Crippen LogP) is 1.01. The molecular formula is C15H24NO3+. The van der Waals surface area contributed by atoms with Crippen molar-refractivity contribution in [1.82, 2.24) is 0 Å². The Bertz CT molecular complexity index is 380. The number of allylic oxidation sites excluding steroid dienone is 1. The number of rotatable bonds is 10. The summed E-state index contributed by atoms with van der Waals surface area (Å²) in [6.45, 7) is 7.10. The first kappa shape index (κ1) is 15.5. The van der Waals surface area contributed by atoms with Crippen LogP contribution in [0.25, 0.3) is 0 Å². The van der Waals surface area contributed by atoms with Gasteiger partial charge in [-0.3, -0.25) is 0 Å². The average Bonchev–Trinajstić information content (AvgIpc) is 2.44. The molecule has 0 spiro atoms. The molecule has 0 saturated carbocycles. The van der Waals surface area contributed by atoms with Gasteiger partial charge in [-0.05, 0) is 24.6 Å². The van der Waals surface area contributed by atoms with Gasteiger partial charge in [0.05, 0.1) is 20.3 Å². The Kier molecular flexibility index (Phi) is 7.70. The van der Waals surface area contributed by atoms with Crippen molar-refractivity contribution in [3.63, 3.8) is 0 Å². The van der Waals surface area contributed by atoms with Crippen LogP contribution in [0.2, 0.25) is 0 Å². The molecule has 0 bridgehead atoms. The Hall–Kier alpha value is -1.52. The van der Waals surface area contributed by atoms with E-state index < -0.39 is 0 Å². The van der Waals surface area contributed by atoms with Crippen molar-refractivity contribution in [2.45, 2.75) is 6.42 Å². The van der Waals surface area contributed by atoms with E-state index in [1.54, 1.807) is 14.2 Å². The number of hydrogen-bond donors (Lipinski definition) is 1. The van der Waals surface area contributed by atoms with E-state index >= 15 is 0 Å². The van der Waals surface area contributed by atoms with E-state index in [2.05, 4.69) is 11.9 Å². The van der Waals surface area contributed by atoms with Crippen LogP contribution in [-0.2, 0) is 11.2 Å². The Morgan fingerprint density at radius 1 is 1.21 bits per heavy atom. The molecule has 4 nitrogen and oxygen atoms in total. The number of nitrogens with two attached hydrogens (primary N) is 1. The van der Waals surface area contributed by atoms with Crippen LogP contribution in [0.1, 0.15) is 5.56 Å². The lowest BCUT2D eigenvalue weighted by Crippen LogP contribution is -2.86.